The summed E-state index contributed by atoms with van der Waals surface area (Å²) in [7, 11) is 0. The standard InChI is InChI=1S/C13H9Cl2N3O3/c14-7-1-4-11(9(5-7)13(16)17)21-12-6-8(18(19)20)2-3-10(12)15/h1-6H,(H3,16,17). The first kappa shape index (κ1) is 15.1. The number of hydrogen-bond acceptors (Lipinski definition) is 4. The molecule has 6 nitrogen and oxygen atoms in total. The fourth-order valence-corrected chi connectivity index (χ4v) is 1.93. The van der Waals surface area contributed by atoms with Gasteiger partial charge in [0.1, 0.15) is 11.6 Å². The van der Waals surface area contributed by atoms with Crippen LogP contribution in [0.2, 0.25) is 10.0 Å². The Kier molecular flexibility index (Phi) is 4.30. The van der Waals surface area contributed by atoms with Gasteiger partial charge >= 0.3 is 0 Å². The van der Waals surface area contributed by atoms with Gasteiger partial charge in [-0.3, -0.25) is 15.5 Å². The van der Waals surface area contributed by atoms with Crippen molar-refractivity contribution in [1.29, 1.82) is 5.41 Å². The van der Waals surface area contributed by atoms with Gasteiger partial charge in [-0.2, -0.15) is 0 Å². The summed E-state index contributed by atoms with van der Waals surface area (Å²) in [5.41, 5.74) is 5.57. The van der Waals surface area contributed by atoms with Crippen LogP contribution in [0.1, 0.15) is 5.56 Å². The highest BCUT2D eigenvalue weighted by molar-refractivity contribution is 6.32. The summed E-state index contributed by atoms with van der Waals surface area (Å²) in [6, 6.07) is 8.34. The SMILES string of the molecule is N=C(N)c1cc(Cl)ccc1Oc1cc([N+](=O)[O-])ccc1Cl. The van der Waals surface area contributed by atoms with E-state index in [4.69, 9.17) is 39.1 Å². The van der Waals surface area contributed by atoms with E-state index in [1.165, 1.54) is 30.3 Å². The van der Waals surface area contributed by atoms with E-state index in [1.807, 2.05) is 0 Å². The van der Waals surface area contributed by atoms with Gasteiger partial charge in [0.2, 0.25) is 0 Å². The Labute approximate surface area is 129 Å². The van der Waals surface area contributed by atoms with Crippen molar-refractivity contribution < 1.29 is 9.66 Å². The van der Waals surface area contributed by atoms with E-state index in [0.717, 1.165) is 0 Å². The fourth-order valence-electron chi connectivity index (χ4n) is 1.60. The van der Waals surface area contributed by atoms with Crippen LogP contribution in [0.25, 0.3) is 0 Å². The Morgan fingerprint density at radius 1 is 1.19 bits per heavy atom. The van der Waals surface area contributed by atoms with E-state index in [9.17, 15) is 10.1 Å². The lowest BCUT2D eigenvalue weighted by atomic mass is 10.2. The zero-order valence-corrected chi connectivity index (χ0v) is 12.0. The molecule has 0 aliphatic carbocycles. The predicted molar refractivity (Wildman–Crippen MR) is 80.6 cm³/mol. The molecular formula is C13H9Cl2N3O3. The number of nitrogens with one attached hydrogen (secondary N) is 1. The van der Waals surface area contributed by atoms with Crippen LogP contribution >= 0.6 is 23.2 Å². The monoisotopic (exact) mass is 325 g/mol. The highest BCUT2D eigenvalue weighted by Gasteiger charge is 2.14. The molecule has 0 unspecified atom stereocenters. The lowest BCUT2D eigenvalue weighted by Crippen LogP contribution is -2.12. The number of amidine groups is 1. The van der Waals surface area contributed by atoms with E-state index >= 15 is 0 Å². The first-order valence-corrected chi connectivity index (χ1v) is 6.40. The van der Waals surface area contributed by atoms with Crippen molar-refractivity contribution in [2.24, 2.45) is 5.73 Å². The van der Waals surface area contributed by atoms with E-state index < -0.39 is 4.92 Å². The first-order valence-electron chi connectivity index (χ1n) is 5.64. The molecule has 8 heteroatoms. The maximum atomic E-state index is 10.8. The Morgan fingerprint density at radius 2 is 1.90 bits per heavy atom. The molecule has 0 heterocycles. The number of hydrogen-bond donors (Lipinski definition) is 2. The molecule has 0 fully saturated rings. The molecule has 2 aromatic carbocycles. The lowest BCUT2D eigenvalue weighted by Gasteiger charge is -2.11. The number of benzene rings is 2. The molecule has 0 aliphatic heterocycles. The van der Waals surface area contributed by atoms with E-state index in [1.54, 1.807) is 6.07 Å². The van der Waals surface area contributed by atoms with Crippen molar-refractivity contribution >= 4 is 34.7 Å². The minimum absolute atomic E-state index is 0.0932. The third kappa shape index (κ3) is 3.42. The van der Waals surface area contributed by atoms with Crippen molar-refractivity contribution in [2.45, 2.75) is 0 Å². The molecule has 0 spiro atoms. The minimum atomic E-state index is -0.559. The molecule has 108 valence electrons. The van der Waals surface area contributed by atoms with Crippen LogP contribution in [0.4, 0.5) is 5.69 Å². The molecule has 2 aromatic rings. The molecule has 0 aliphatic rings. The van der Waals surface area contributed by atoms with Gasteiger partial charge in [0.05, 0.1) is 21.6 Å². The molecule has 0 saturated heterocycles. The molecule has 0 atom stereocenters. The molecule has 0 saturated carbocycles. The minimum Gasteiger partial charge on any atom is -0.455 e. The van der Waals surface area contributed by atoms with Gasteiger partial charge in [-0.25, -0.2) is 0 Å². The van der Waals surface area contributed by atoms with Crippen molar-refractivity contribution in [3.05, 3.63) is 62.1 Å². The van der Waals surface area contributed by atoms with E-state index in [0.29, 0.717) is 5.02 Å². The van der Waals surface area contributed by atoms with E-state index in [-0.39, 0.29) is 33.6 Å². The van der Waals surface area contributed by atoms with E-state index in [2.05, 4.69) is 0 Å². The number of nitrogen functional groups attached to an aromatic ring is 1. The van der Waals surface area contributed by atoms with Crippen LogP contribution in [-0.2, 0) is 0 Å². The van der Waals surface area contributed by atoms with Crippen LogP contribution in [0.5, 0.6) is 11.5 Å². The van der Waals surface area contributed by atoms with Crippen LogP contribution < -0.4 is 10.5 Å². The number of non-ortho nitro benzene ring substituents is 1. The Balaban J connectivity index is 2.45. The quantitative estimate of drug-likeness (QED) is 0.384. The van der Waals surface area contributed by atoms with Gasteiger partial charge in [0.25, 0.3) is 5.69 Å². The summed E-state index contributed by atoms with van der Waals surface area (Å²) >= 11 is 11.8. The zero-order valence-electron chi connectivity index (χ0n) is 10.5. The average Bonchev–Trinajstić information content (AvgIpc) is 2.42. The lowest BCUT2D eigenvalue weighted by molar-refractivity contribution is -0.384. The van der Waals surface area contributed by atoms with Gasteiger partial charge in [-0.15, -0.1) is 0 Å². The van der Waals surface area contributed by atoms with Gasteiger partial charge in [-0.05, 0) is 24.3 Å². The number of nitro groups is 1. The smallest absolute Gasteiger partial charge is 0.273 e. The molecule has 0 aromatic heterocycles. The van der Waals surface area contributed by atoms with Crippen LogP contribution in [0.15, 0.2) is 36.4 Å². The summed E-state index contributed by atoms with van der Waals surface area (Å²) in [6.45, 7) is 0. The summed E-state index contributed by atoms with van der Waals surface area (Å²) in [4.78, 5) is 10.2. The third-order valence-corrected chi connectivity index (χ3v) is 3.12. The zero-order chi connectivity index (χ0) is 15.6. The van der Waals surface area contributed by atoms with Gasteiger partial charge in [0.15, 0.2) is 5.75 Å². The summed E-state index contributed by atoms with van der Waals surface area (Å²) < 4.78 is 5.53. The first-order chi connectivity index (χ1) is 9.88. The normalized spacial score (nSPS) is 10.2. The fraction of sp³-hybridized carbons (Fsp3) is 0. The number of halogens is 2. The molecular weight excluding hydrogens is 317 g/mol. The maximum absolute atomic E-state index is 10.8. The summed E-state index contributed by atoms with van der Waals surface area (Å²) in [5, 5.41) is 18.9. The van der Waals surface area contributed by atoms with Crippen LogP contribution in [0.3, 0.4) is 0 Å². The highest BCUT2D eigenvalue weighted by atomic mass is 35.5. The van der Waals surface area contributed by atoms with Crippen LogP contribution in [0, 0.1) is 15.5 Å². The number of nitrogens with two attached hydrogens (primary N) is 1. The second-order valence-corrected chi connectivity index (χ2v) is 4.87. The van der Waals surface area contributed by atoms with Crippen molar-refractivity contribution in [3.8, 4) is 11.5 Å². The van der Waals surface area contributed by atoms with Crippen molar-refractivity contribution in [2.75, 3.05) is 0 Å². The Morgan fingerprint density at radius 3 is 2.52 bits per heavy atom. The second-order valence-electron chi connectivity index (χ2n) is 4.03. The molecule has 0 amide bonds. The number of nitrogens with zero attached hydrogens (tertiary/aromatic N) is 1. The van der Waals surface area contributed by atoms with Crippen molar-refractivity contribution in [1.82, 2.24) is 0 Å². The summed E-state index contributed by atoms with van der Waals surface area (Å²) in [6.07, 6.45) is 0. The number of ether oxygens (including phenoxy) is 1. The van der Waals surface area contributed by atoms with Crippen LogP contribution in [-0.4, -0.2) is 10.8 Å². The molecule has 3 N–H and O–H groups in total. The van der Waals surface area contributed by atoms with Gasteiger partial charge in [-0.1, -0.05) is 23.2 Å². The second kappa shape index (κ2) is 5.99. The summed E-state index contributed by atoms with van der Waals surface area (Å²) in [5.74, 6) is 0.0824. The molecule has 21 heavy (non-hydrogen) atoms. The van der Waals surface area contributed by atoms with Crippen molar-refractivity contribution in [3.63, 3.8) is 0 Å². The van der Waals surface area contributed by atoms with Gasteiger partial charge in [0, 0.05) is 11.1 Å². The maximum Gasteiger partial charge on any atom is 0.273 e. The molecule has 0 radical (unpaired) electrons. The largest absolute Gasteiger partial charge is 0.455 e. The molecule has 0 bridgehead atoms. The topological polar surface area (TPSA) is 102 Å². The Hall–Kier alpha value is -2.31. The van der Waals surface area contributed by atoms with Gasteiger partial charge < -0.3 is 10.5 Å². The predicted octanol–water partition coefficient (Wildman–Crippen LogP) is 3.98. The Bertz CT molecular complexity index is 735. The third-order valence-electron chi connectivity index (χ3n) is 2.58. The average molecular weight is 326 g/mol. The number of rotatable bonds is 4. The highest BCUT2D eigenvalue weighted by Crippen LogP contribution is 2.34. The number of nitro benzene ring substituents is 1. The molecule has 2 rings (SSSR count).